The molecule has 0 aliphatic heterocycles. The molecule has 0 fully saturated rings. The zero-order chi connectivity index (χ0) is 25.0. The zero-order valence-corrected chi connectivity index (χ0v) is 20.5. The van der Waals surface area contributed by atoms with Crippen LogP contribution in [-0.4, -0.2) is 53.7 Å². The fraction of sp³-hybridized carbons (Fsp3) is 0.444. The Morgan fingerprint density at radius 2 is 1.56 bits per heavy atom. The number of hydrogen-bond donors (Lipinski definition) is 2. The minimum atomic E-state index is -0.969. The Morgan fingerprint density at radius 1 is 1.03 bits per heavy atom. The molecule has 0 saturated heterocycles. The molecule has 2 amide bonds. The van der Waals surface area contributed by atoms with E-state index in [1.54, 1.807) is 13.8 Å². The molecule has 0 aromatic heterocycles. The first kappa shape index (κ1) is 25.3. The highest BCUT2D eigenvalue weighted by Crippen LogP contribution is 2.44. The molecule has 0 heterocycles. The smallest absolute Gasteiger partial charge is 0.407 e. The van der Waals surface area contributed by atoms with E-state index >= 15 is 0 Å². The van der Waals surface area contributed by atoms with Crippen LogP contribution >= 0.6 is 0 Å². The molecule has 2 atom stereocenters. The molecule has 0 saturated carbocycles. The van der Waals surface area contributed by atoms with Crippen LogP contribution in [0.1, 0.15) is 51.7 Å². The summed E-state index contributed by atoms with van der Waals surface area (Å²) < 4.78 is 5.63. The summed E-state index contributed by atoms with van der Waals surface area (Å²) in [6, 6.07) is 15.3. The molecular formula is C27H34N2O5. The summed E-state index contributed by atoms with van der Waals surface area (Å²) in [4.78, 5) is 38.8. The maximum atomic E-state index is 13.3. The second-order valence-corrected chi connectivity index (χ2v) is 9.89. The van der Waals surface area contributed by atoms with E-state index in [0.717, 1.165) is 22.3 Å². The van der Waals surface area contributed by atoms with E-state index in [1.807, 2.05) is 57.2 Å². The number of amides is 2. The van der Waals surface area contributed by atoms with Gasteiger partial charge in [0.15, 0.2) is 0 Å². The summed E-state index contributed by atoms with van der Waals surface area (Å²) in [6.45, 7) is 9.48. The maximum absolute atomic E-state index is 13.3. The number of fused-ring (bicyclic) bond motifs is 3. The van der Waals surface area contributed by atoms with E-state index in [2.05, 4.69) is 17.4 Å². The molecule has 1 aliphatic carbocycles. The van der Waals surface area contributed by atoms with Crippen molar-refractivity contribution in [2.24, 2.45) is 11.3 Å². The quantitative estimate of drug-likeness (QED) is 0.597. The molecule has 0 bridgehead atoms. The first-order chi connectivity index (χ1) is 16.0. The van der Waals surface area contributed by atoms with Crippen LogP contribution < -0.4 is 5.32 Å². The van der Waals surface area contributed by atoms with Crippen molar-refractivity contribution >= 4 is 18.0 Å². The van der Waals surface area contributed by atoms with Crippen LogP contribution in [0.15, 0.2) is 48.5 Å². The number of nitrogens with one attached hydrogen (secondary N) is 1. The highest BCUT2D eigenvalue weighted by Gasteiger charge is 2.37. The lowest BCUT2D eigenvalue weighted by molar-refractivity contribution is -0.144. The first-order valence-electron chi connectivity index (χ1n) is 11.7. The molecule has 2 aromatic carbocycles. The van der Waals surface area contributed by atoms with Crippen LogP contribution in [0.25, 0.3) is 11.1 Å². The van der Waals surface area contributed by atoms with Gasteiger partial charge in [0.1, 0.15) is 12.6 Å². The van der Waals surface area contributed by atoms with Gasteiger partial charge in [-0.1, -0.05) is 76.2 Å². The van der Waals surface area contributed by atoms with Crippen LogP contribution in [-0.2, 0) is 14.3 Å². The lowest BCUT2D eigenvalue weighted by Gasteiger charge is -2.35. The third-order valence-corrected chi connectivity index (χ3v) is 6.33. The summed E-state index contributed by atoms with van der Waals surface area (Å²) in [5.74, 6) is -2.08. The van der Waals surface area contributed by atoms with Gasteiger partial charge in [-0.15, -0.1) is 0 Å². The Hall–Kier alpha value is -3.35. The average Bonchev–Trinajstić information content (AvgIpc) is 3.12. The van der Waals surface area contributed by atoms with Crippen LogP contribution in [0, 0.1) is 11.3 Å². The van der Waals surface area contributed by atoms with Gasteiger partial charge in [0, 0.05) is 19.0 Å². The van der Waals surface area contributed by atoms with Crippen molar-refractivity contribution < 1.29 is 24.2 Å². The molecular weight excluding hydrogens is 432 g/mol. The molecule has 2 aromatic rings. The van der Waals surface area contributed by atoms with Crippen molar-refractivity contribution in [1.29, 1.82) is 0 Å². The van der Waals surface area contributed by atoms with E-state index in [0.29, 0.717) is 6.54 Å². The predicted molar refractivity (Wildman–Crippen MR) is 131 cm³/mol. The normalized spacial score (nSPS) is 14.5. The molecule has 1 aliphatic rings. The third-order valence-electron chi connectivity index (χ3n) is 6.33. The van der Waals surface area contributed by atoms with Crippen LogP contribution in [0.5, 0.6) is 0 Å². The van der Waals surface area contributed by atoms with Crippen molar-refractivity contribution in [1.82, 2.24) is 10.2 Å². The van der Waals surface area contributed by atoms with Crippen LogP contribution in [0.2, 0.25) is 0 Å². The number of aliphatic carboxylic acids is 1. The van der Waals surface area contributed by atoms with Crippen LogP contribution in [0.3, 0.4) is 0 Å². The molecule has 0 spiro atoms. The number of hydrogen-bond acceptors (Lipinski definition) is 4. The Balaban J connectivity index is 1.71. The lowest BCUT2D eigenvalue weighted by atomic mass is 9.85. The maximum Gasteiger partial charge on any atom is 0.407 e. The molecule has 2 unspecified atom stereocenters. The van der Waals surface area contributed by atoms with Gasteiger partial charge < -0.3 is 20.1 Å². The SMILES string of the molecule is CCN(CC(C)C(=O)O)C(=O)C(NC(=O)OCC1c2ccccc2-c2ccccc21)C(C)(C)C. The van der Waals surface area contributed by atoms with Crippen molar-refractivity contribution in [3.05, 3.63) is 59.7 Å². The molecule has 2 N–H and O–H groups in total. The minimum Gasteiger partial charge on any atom is -0.481 e. The predicted octanol–water partition coefficient (Wildman–Crippen LogP) is 4.51. The fourth-order valence-corrected chi connectivity index (χ4v) is 4.37. The zero-order valence-electron chi connectivity index (χ0n) is 20.5. The lowest BCUT2D eigenvalue weighted by Crippen LogP contribution is -2.55. The monoisotopic (exact) mass is 466 g/mol. The third kappa shape index (κ3) is 5.41. The highest BCUT2D eigenvalue weighted by molar-refractivity contribution is 5.87. The summed E-state index contributed by atoms with van der Waals surface area (Å²) in [7, 11) is 0. The number of nitrogens with zero attached hydrogens (tertiary/aromatic N) is 1. The van der Waals surface area contributed by atoms with Gasteiger partial charge in [0.05, 0.1) is 5.92 Å². The number of benzene rings is 2. The van der Waals surface area contributed by atoms with E-state index in [-0.39, 0.29) is 25.0 Å². The Kier molecular flexibility index (Phi) is 7.64. The minimum absolute atomic E-state index is 0.0730. The number of rotatable bonds is 8. The molecule has 7 nitrogen and oxygen atoms in total. The second kappa shape index (κ2) is 10.3. The number of ether oxygens (including phenoxy) is 1. The van der Waals surface area contributed by atoms with E-state index in [9.17, 15) is 19.5 Å². The number of carboxylic acids is 1. The van der Waals surface area contributed by atoms with E-state index in [4.69, 9.17) is 4.74 Å². The van der Waals surface area contributed by atoms with E-state index < -0.39 is 29.4 Å². The first-order valence-corrected chi connectivity index (χ1v) is 11.7. The van der Waals surface area contributed by atoms with Crippen molar-refractivity contribution in [2.45, 2.75) is 46.6 Å². The van der Waals surface area contributed by atoms with Gasteiger partial charge in [-0.05, 0) is 34.6 Å². The summed E-state index contributed by atoms with van der Waals surface area (Å²) in [5, 5.41) is 12.0. The fourth-order valence-electron chi connectivity index (χ4n) is 4.37. The van der Waals surface area contributed by atoms with Crippen LogP contribution in [0.4, 0.5) is 4.79 Å². The molecule has 182 valence electrons. The van der Waals surface area contributed by atoms with Gasteiger partial charge >= 0.3 is 12.1 Å². The van der Waals surface area contributed by atoms with Crippen molar-refractivity contribution in [3.8, 4) is 11.1 Å². The number of carbonyl (C=O) groups is 3. The van der Waals surface area contributed by atoms with Crippen molar-refractivity contribution in [3.63, 3.8) is 0 Å². The number of alkyl carbamates (subject to hydrolysis) is 1. The van der Waals surface area contributed by atoms with Gasteiger partial charge in [-0.25, -0.2) is 4.79 Å². The Labute approximate surface area is 201 Å². The second-order valence-electron chi connectivity index (χ2n) is 9.89. The standard InChI is InChI=1S/C27H34N2O5/c1-6-29(15-17(2)25(31)32)24(30)23(27(3,4)5)28-26(33)34-16-22-20-13-9-7-11-18(20)19-12-8-10-14-21(19)22/h7-14,17,22-23H,6,15-16H2,1-5H3,(H,28,33)(H,31,32). The number of carboxylic acid groups (broad SMARTS) is 1. The number of carbonyl (C=O) groups excluding carboxylic acids is 2. The topological polar surface area (TPSA) is 95.9 Å². The Bertz CT molecular complexity index is 1010. The summed E-state index contributed by atoms with van der Waals surface area (Å²) in [6.07, 6.45) is -0.669. The summed E-state index contributed by atoms with van der Waals surface area (Å²) in [5.41, 5.74) is 3.91. The van der Waals surface area contributed by atoms with Gasteiger partial charge in [0.2, 0.25) is 5.91 Å². The molecule has 7 heteroatoms. The summed E-state index contributed by atoms with van der Waals surface area (Å²) >= 11 is 0. The molecule has 3 rings (SSSR count). The molecule has 0 radical (unpaired) electrons. The molecule has 34 heavy (non-hydrogen) atoms. The number of likely N-dealkylation sites (N-methyl/N-ethyl adjacent to an activating group) is 1. The van der Waals surface area contributed by atoms with Gasteiger partial charge in [0.25, 0.3) is 0 Å². The highest BCUT2D eigenvalue weighted by atomic mass is 16.5. The van der Waals surface area contributed by atoms with E-state index in [1.165, 1.54) is 4.90 Å². The Morgan fingerprint density at radius 3 is 2.03 bits per heavy atom. The van der Waals surface area contributed by atoms with Crippen molar-refractivity contribution in [2.75, 3.05) is 19.7 Å². The van der Waals surface area contributed by atoms with Gasteiger partial charge in [-0.3, -0.25) is 9.59 Å². The average molecular weight is 467 g/mol. The van der Waals surface area contributed by atoms with Gasteiger partial charge in [-0.2, -0.15) is 0 Å². The largest absolute Gasteiger partial charge is 0.481 e.